The smallest absolute Gasteiger partial charge is 0.167 e. The normalized spacial score (nSPS) is 12.5. The van der Waals surface area contributed by atoms with E-state index in [4.69, 9.17) is 5.73 Å². The maximum absolute atomic E-state index is 13.9. The van der Waals surface area contributed by atoms with Gasteiger partial charge in [0.25, 0.3) is 0 Å². The first-order valence-electron chi connectivity index (χ1n) is 5.92. The van der Waals surface area contributed by atoms with E-state index in [1.165, 1.54) is 37.3 Å². The van der Waals surface area contributed by atoms with Gasteiger partial charge in [0.15, 0.2) is 11.6 Å². The van der Waals surface area contributed by atoms with Gasteiger partial charge in [-0.2, -0.15) is 0 Å². The largest absolute Gasteiger partial charge is 0.324 e. The Hall–Kier alpha value is -1.81. The van der Waals surface area contributed by atoms with Gasteiger partial charge in [-0.15, -0.1) is 0 Å². The lowest BCUT2D eigenvalue weighted by Crippen LogP contribution is -2.05. The third kappa shape index (κ3) is 2.49. The van der Waals surface area contributed by atoms with Crippen molar-refractivity contribution in [3.8, 4) is 11.1 Å². The van der Waals surface area contributed by atoms with E-state index in [-0.39, 0.29) is 22.7 Å². The minimum atomic E-state index is -1.04. The lowest BCUT2D eigenvalue weighted by molar-refractivity contribution is 0.504. The Morgan fingerprint density at radius 1 is 0.947 bits per heavy atom. The first-order valence-corrected chi connectivity index (χ1v) is 5.92. The maximum Gasteiger partial charge on any atom is 0.167 e. The second-order valence-electron chi connectivity index (χ2n) is 4.59. The summed E-state index contributed by atoms with van der Waals surface area (Å²) in [7, 11) is 0. The molecule has 0 bridgehead atoms. The molecule has 0 aromatic heterocycles. The van der Waals surface area contributed by atoms with Crippen molar-refractivity contribution in [2.75, 3.05) is 0 Å². The van der Waals surface area contributed by atoms with Crippen LogP contribution in [0, 0.1) is 24.4 Å². The second kappa shape index (κ2) is 5.05. The van der Waals surface area contributed by atoms with Crippen LogP contribution in [0.5, 0.6) is 0 Å². The zero-order valence-corrected chi connectivity index (χ0v) is 10.7. The van der Waals surface area contributed by atoms with Gasteiger partial charge in [0.2, 0.25) is 0 Å². The van der Waals surface area contributed by atoms with Crippen LogP contribution in [0.3, 0.4) is 0 Å². The summed E-state index contributed by atoms with van der Waals surface area (Å²) < 4.78 is 41.2. The molecule has 0 aliphatic carbocycles. The summed E-state index contributed by atoms with van der Waals surface area (Å²) in [6.07, 6.45) is 0. The topological polar surface area (TPSA) is 26.0 Å². The summed E-state index contributed by atoms with van der Waals surface area (Å²) in [5, 5.41) is 0. The van der Waals surface area contributed by atoms with Crippen LogP contribution in [0.15, 0.2) is 30.3 Å². The van der Waals surface area contributed by atoms with Crippen molar-refractivity contribution in [1.82, 2.24) is 0 Å². The molecule has 2 aromatic carbocycles. The highest BCUT2D eigenvalue weighted by Gasteiger charge is 2.16. The molecule has 1 unspecified atom stereocenters. The third-order valence-electron chi connectivity index (χ3n) is 3.08. The van der Waals surface area contributed by atoms with Crippen LogP contribution in [0.25, 0.3) is 11.1 Å². The van der Waals surface area contributed by atoms with E-state index in [0.717, 1.165) is 0 Å². The van der Waals surface area contributed by atoms with Crippen molar-refractivity contribution in [2.24, 2.45) is 5.73 Å². The molecule has 0 aliphatic heterocycles. The molecule has 0 spiro atoms. The summed E-state index contributed by atoms with van der Waals surface area (Å²) in [5.74, 6) is -2.60. The number of rotatable bonds is 2. The molecule has 0 saturated carbocycles. The highest BCUT2D eigenvalue weighted by atomic mass is 19.2. The Kier molecular flexibility index (Phi) is 3.62. The summed E-state index contributed by atoms with van der Waals surface area (Å²) in [6, 6.07) is 6.69. The molecule has 2 rings (SSSR count). The van der Waals surface area contributed by atoms with Crippen LogP contribution in [-0.4, -0.2) is 0 Å². The molecule has 0 radical (unpaired) electrons. The SMILES string of the molecule is Cc1ccc(-c2cc(C(C)N)ccc2F)c(F)c1F. The molecule has 100 valence electrons. The lowest BCUT2D eigenvalue weighted by atomic mass is 9.98. The van der Waals surface area contributed by atoms with Gasteiger partial charge >= 0.3 is 0 Å². The fourth-order valence-electron chi connectivity index (χ4n) is 1.89. The molecule has 0 amide bonds. The number of benzene rings is 2. The number of nitrogens with two attached hydrogens (primary N) is 1. The van der Waals surface area contributed by atoms with Gasteiger partial charge in [0.05, 0.1) is 0 Å². The van der Waals surface area contributed by atoms with Crippen LogP contribution in [0.2, 0.25) is 0 Å². The molecule has 0 heterocycles. The number of aryl methyl sites for hydroxylation is 1. The number of hydrogen-bond acceptors (Lipinski definition) is 1. The van der Waals surface area contributed by atoms with E-state index in [0.29, 0.717) is 5.56 Å². The first kappa shape index (κ1) is 13.6. The lowest BCUT2D eigenvalue weighted by Gasteiger charge is -2.11. The van der Waals surface area contributed by atoms with Crippen molar-refractivity contribution in [1.29, 1.82) is 0 Å². The van der Waals surface area contributed by atoms with Crippen molar-refractivity contribution >= 4 is 0 Å². The van der Waals surface area contributed by atoms with Gasteiger partial charge in [-0.3, -0.25) is 0 Å². The maximum atomic E-state index is 13.9. The summed E-state index contributed by atoms with van der Waals surface area (Å²) in [6.45, 7) is 3.19. The predicted molar refractivity (Wildman–Crippen MR) is 69.1 cm³/mol. The van der Waals surface area contributed by atoms with Crippen LogP contribution < -0.4 is 5.73 Å². The Morgan fingerprint density at radius 3 is 2.26 bits per heavy atom. The van der Waals surface area contributed by atoms with Crippen LogP contribution in [0.1, 0.15) is 24.1 Å². The first-order chi connectivity index (χ1) is 8.91. The summed E-state index contributed by atoms with van der Waals surface area (Å²) in [5.41, 5.74) is 6.49. The standard InChI is InChI=1S/C15H14F3N/c1-8-3-5-11(15(18)14(8)17)12-7-10(9(2)19)4-6-13(12)16/h3-7,9H,19H2,1-2H3. The molecule has 4 heteroatoms. The van der Waals surface area contributed by atoms with Gasteiger partial charge < -0.3 is 5.73 Å². The molecule has 0 saturated heterocycles. The fraction of sp³-hybridized carbons (Fsp3) is 0.200. The third-order valence-corrected chi connectivity index (χ3v) is 3.08. The molecular formula is C15H14F3N. The summed E-state index contributed by atoms with van der Waals surface area (Å²) in [4.78, 5) is 0. The van der Waals surface area contributed by atoms with E-state index in [1.807, 2.05) is 0 Å². The fourth-order valence-corrected chi connectivity index (χ4v) is 1.89. The molecule has 0 fully saturated rings. The molecule has 0 aliphatic rings. The zero-order chi connectivity index (χ0) is 14.2. The quantitative estimate of drug-likeness (QED) is 0.869. The highest BCUT2D eigenvalue weighted by molar-refractivity contribution is 5.66. The van der Waals surface area contributed by atoms with Crippen LogP contribution >= 0.6 is 0 Å². The number of halogens is 3. The van der Waals surface area contributed by atoms with Crippen molar-refractivity contribution in [2.45, 2.75) is 19.9 Å². The van der Waals surface area contributed by atoms with E-state index in [1.54, 1.807) is 6.92 Å². The highest BCUT2D eigenvalue weighted by Crippen LogP contribution is 2.30. The molecule has 1 nitrogen and oxygen atoms in total. The van der Waals surface area contributed by atoms with E-state index >= 15 is 0 Å². The van der Waals surface area contributed by atoms with E-state index in [2.05, 4.69) is 0 Å². The molecule has 2 aromatic rings. The van der Waals surface area contributed by atoms with Gasteiger partial charge in [0.1, 0.15) is 5.82 Å². The van der Waals surface area contributed by atoms with Gasteiger partial charge in [0, 0.05) is 17.2 Å². The Balaban J connectivity index is 2.65. The Bertz CT molecular complexity index is 621. The van der Waals surface area contributed by atoms with E-state index < -0.39 is 17.5 Å². The second-order valence-corrected chi connectivity index (χ2v) is 4.59. The Labute approximate surface area is 109 Å². The molecule has 1 atom stereocenters. The van der Waals surface area contributed by atoms with E-state index in [9.17, 15) is 13.2 Å². The average molecular weight is 265 g/mol. The minimum absolute atomic E-state index is 0.0196. The Morgan fingerprint density at radius 2 is 1.63 bits per heavy atom. The van der Waals surface area contributed by atoms with Crippen LogP contribution in [0.4, 0.5) is 13.2 Å². The van der Waals surface area contributed by atoms with Crippen molar-refractivity contribution in [3.63, 3.8) is 0 Å². The monoisotopic (exact) mass is 265 g/mol. The molecule has 19 heavy (non-hydrogen) atoms. The predicted octanol–water partition coefficient (Wildman–Crippen LogP) is 4.10. The zero-order valence-electron chi connectivity index (χ0n) is 10.7. The van der Waals surface area contributed by atoms with Crippen molar-refractivity contribution in [3.05, 3.63) is 58.9 Å². The van der Waals surface area contributed by atoms with Gasteiger partial charge in [-0.1, -0.05) is 18.2 Å². The molecule has 2 N–H and O–H groups in total. The number of hydrogen-bond donors (Lipinski definition) is 1. The van der Waals surface area contributed by atoms with Gasteiger partial charge in [-0.05, 0) is 37.1 Å². The average Bonchev–Trinajstić information content (AvgIpc) is 2.37. The van der Waals surface area contributed by atoms with Crippen LogP contribution in [-0.2, 0) is 0 Å². The van der Waals surface area contributed by atoms with Gasteiger partial charge in [-0.25, -0.2) is 13.2 Å². The van der Waals surface area contributed by atoms with Crippen molar-refractivity contribution < 1.29 is 13.2 Å². The molecular weight excluding hydrogens is 251 g/mol. The minimum Gasteiger partial charge on any atom is -0.324 e. The summed E-state index contributed by atoms with van der Waals surface area (Å²) >= 11 is 0.